The van der Waals surface area contributed by atoms with Gasteiger partial charge in [0.05, 0.1) is 0 Å². The number of benzene rings is 2. The number of nitrogens with one attached hydrogen (secondary N) is 1. The van der Waals surface area contributed by atoms with Gasteiger partial charge in [-0.2, -0.15) is 0 Å². The molecule has 0 heterocycles. The molecule has 178 valence electrons. The van der Waals surface area contributed by atoms with E-state index in [1.807, 2.05) is 0 Å². The fourth-order valence-corrected chi connectivity index (χ4v) is 4.81. The Morgan fingerprint density at radius 1 is 1.00 bits per heavy atom. The Morgan fingerprint density at radius 2 is 1.61 bits per heavy atom. The summed E-state index contributed by atoms with van der Waals surface area (Å²) in [7, 11) is 0. The third-order valence-corrected chi connectivity index (χ3v) is 7.24. The van der Waals surface area contributed by atoms with E-state index in [4.69, 9.17) is 23.2 Å². The number of hydrogen-bond acceptors (Lipinski definition) is 2. The van der Waals surface area contributed by atoms with Gasteiger partial charge in [0.2, 0.25) is 11.8 Å². The molecule has 0 aliphatic heterocycles. The fourth-order valence-electron chi connectivity index (χ4n) is 4.29. The highest BCUT2D eigenvalue weighted by Crippen LogP contribution is 2.27. The molecule has 2 amide bonds. The molecule has 0 radical (unpaired) electrons. The predicted molar refractivity (Wildman–Crippen MR) is 136 cm³/mol. The molecule has 6 heteroatoms. The number of amides is 2. The molecule has 1 saturated carbocycles. The summed E-state index contributed by atoms with van der Waals surface area (Å²) in [5.41, 5.74) is 3.04. The van der Waals surface area contributed by atoms with Crippen molar-refractivity contribution in [3.05, 3.63) is 69.2 Å². The van der Waals surface area contributed by atoms with E-state index in [2.05, 4.69) is 43.4 Å². The smallest absolute Gasteiger partial charge is 0.242 e. The summed E-state index contributed by atoms with van der Waals surface area (Å²) in [6.45, 7) is 6.30. The van der Waals surface area contributed by atoms with Gasteiger partial charge in [-0.15, -0.1) is 0 Å². The van der Waals surface area contributed by atoms with Crippen LogP contribution in [0.25, 0.3) is 0 Å². The third-order valence-electron chi connectivity index (χ3n) is 6.53. The van der Waals surface area contributed by atoms with Crippen molar-refractivity contribution >= 4 is 35.0 Å². The third kappa shape index (κ3) is 6.97. The molecule has 1 unspecified atom stereocenters. The van der Waals surface area contributed by atoms with Gasteiger partial charge in [0.1, 0.15) is 6.04 Å². The summed E-state index contributed by atoms with van der Waals surface area (Å²) in [5, 5.41) is 4.11. The molecule has 2 aromatic carbocycles. The molecule has 1 atom stereocenters. The fraction of sp³-hybridized carbons (Fsp3) is 0.481. The van der Waals surface area contributed by atoms with E-state index in [1.54, 1.807) is 30.0 Å². The van der Waals surface area contributed by atoms with E-state index >= 15 is 0 Å². The number of hydrogen-bond donors (Lipinski definition) is 1. The van der Waals surface area contributed by atoms with Gasteiger partial charge in [0.15, 0.2) is 0 Å². The van der Waals surface area contributed by atoms with Crippen molar-refractivity contribution in [2.24, 2.45) is 0 Å². The van der Waals surface area contributed by atoms with E-state index in [0.29, 0.717) is 34.4 Å². The maximum Gasteiger partial charge on any atom is 0.242 e. The van der Waals surface area contributed by atoms with Crippen molar-refractivity contribution in [3.63, 3.8) is 0 Å². The molecule has 0 spiro atoms. The molecule has 33 heavy (non-hydrogen) atoms. The summed E-state index contributed by atoms with van der Waals surface area (Å²) in [6, 6.07) is 13.2. The number of halogens is 2. The van der Waals surface area contributed by atoms with Crippen LogP contribution in [0.3, 0.4) is 0 Å². The van der Waals surface area contributed by atoms with Crippen molar-refractivity contribution < 1.29 is 9.59 Å². The van der Waals surface area contributed by atoms with Crippen LogP contribution < -0.4 is 5.32 Å². The van der Waals surface area contributed by atoms with Crippen LogP contribution in [0.5, 0.6) is 0 Å². The van der Waals surface area contributed by atoms with Crippen molar-refractivity contribution in [1.29, 1.82) is 0 Å². The van der Waals surface area contributed by atoms with Crippen molar-refractivity contribution in [3.8, 4) is 0 Å². The van der Waals surface area contributed by atoms with E-state index in [0.717, 1.165) is 31.2 Å². The SMILES string of the molecule is CC(C)c1ccc(CCC(=O)N(Cc2c(Cl)cccc2Cl)C(C)C(=O)NC2CCCC2)cc1. The lowest BCUT2D eigenvalue weighted by molar-refractivity contribution is -0.140. The van der Waals surface area contributed by atoms with E-state index < -0.39 is 6.04 Å². The molecular formula is C27H34Cl2N2O2. The standard InChI is InChI=1S/C27H34Cl2N2O2/c1-18(2)21-14-11-20(12-15-21)13-16-26(32)31(17-23-24(28)9-6-10-25(23)29)19(3)27(33)30-22-7-4-5-8-22/h6,9-12,14-15,18-19,22H,4-5,7-8,13,16-17H2,1-3H3,(H,30,33). The Hall–Kier alpha value is -2.04. The molecule has 1 fully saturated rings. The molecule has 1 aliphatic rings. The molecule has 2 aromatic rings. The molecule has 1 aliphatic carbocycles. The predicted octanol–water partition coefficient (Wildman–Crippen LogP) is 6.53. The van der Waals surface area contributed by atoms with Gasteiger partial charge in [-0.1, -0.05) is 80.2 Å². The summed E-state index contributed by atoms with van der Waals surface area (Å²) in [6.07, 6.45) is 5.18. The highest BCUT2D eigenvalue weighted by Gasteiger charge is 2.29. The molecule has 1 N–H and O–H groups in total. The molecular weight excluding hydrogens is 455 g/mol. The van der Waals surface area contributed by atoms with Gasteiger partial charge in [-0.05, 0) is 55.4 Å². The number of rotatable bonds is 9. The average molecular weight is 489 g/mol. The summed E-state index contributed by atoms with van der Waals surface area (Å²) < 4.78 is 0. The number of carbonyl (C=O) groups is 2. The largest absolute Gasteiger partial charge is 0.352 e. The Bertz CT molecular complexity index is 933. The second-order valence-corrected chi connectivity index (χ2v) is 10.1. The molecule has 0 bridgehead atoms. The minimum Gasteiger partial charge on any atom is -0.352 e. The monoisotopic (exact) mass is 488 g/mol. The normalized spacial score (nSPS) is 15.0. The first kappa shape index (κ1) is 25.6. The lowest BCUT2D eigenvalue weighted by Gasteiger charge is -2.30. The van der Waals surface area contributed by atoms with Gasteiger partial charge in [-0.25, -0.2) is 0 Å². The van der Waals surface area contributed by atoms with Crippen LogP contribution in [-0.4, -0.2) is 28.8 Å². The van der Waals surface area contributed by atoms with Crippen LogP contribution >= 0.6 is 23.2 Å². The molecule has 0 saturated heterocycles. The van der Waals surface area contributed by atoms with Crippen LogP contribution in [0.1, 0.15) is 75.5 Å². The Morgan fingerprint density at radius 3 is 2.18 bits per heavy atom. The maximum atomic E-state index is 13.4. The first-order chi connectivity index (χ1) is 15.8. The molecule has 3 rings (SSSR count). The summed E-state index contributed by atoms with van der Waals surface area (Å²) >= 11 is 12.8. The Balaban J connectivity index is 1.74. The second kappa shape index (κ2) is 11.9. The second-order valence-electron chi connectivity index (χ2n) is 9.28. The molecule has 0 aromatic heterocycles. The summed E-state index contributed by atoms with van der Waals surface area (Å²) in [5.74, 6) is 0.253. The minimum atomic E-state index is -0.617. The van der Waals surface area contributed by atoms with E-state index in [9.17, 15) is 9.59 Å². The number of aryl methyl sites for hydroxylation is 1. The summed E-state index contributed by atoms with van der Waals surface area (Å²) in [4.78, 5) is 28.0. The van der Waals surface area contributed by atoms with Gasteiger partial charge >= 0.3 is 0 Å². The van der Waals surface area contributed by atoms with Crippen molar-refractivity contribution in [2.45, 2.75) is 83.8 Å². The van der Waals surface area contributed by atoms with Crippen LogP contribution in [0, 0.1) is 0 Å². The lowest BCUT2D eigenvalue weighted by atomic mass is 10.00. The number of nitrogens with zero attached hydrogens (tertiary/aromatic N) is 1. The van der Waals surface area contributed by atoms with Crippen LogP contribution in [0.2, 0.25) is 10.0 Å². The van der Waals surface area contributed by atoms with Gasteiger partial charge < -0.3 is 10.2 Å². The van der Waals surface area contributed by atoms with Crippen molar-refractivity contribution in [1.82, 2.24) is 10.2 Å². The molecule has 4 nitrogen and oxygen atoms in total. The Kier molecular flexibility index (Phi) is 9.22. The zero-order valence-corrected chi connectivity index (χ0v) is 21.3. The number of carbonyl (C=O) groups excluding carboxylic acids is 2. The first-order valence-electron chi connectivity index (χ1n) is 11.9. The Labute approximate surface area is 207 Å². The lowest BCUT2D eigenvalue weighted by Crippen LogP contribution is -2.49. The van der Waals surface area contributed by atoms with Gasteiger partial charge in [0.25, 0.3) is 0 Å². The minimum absolute atomic E-state index is 0.0898. The first-order valence-corrected chi connectivity index (χ1v) is 12.6. The highest BCUT2D eigenvalue weighted by atomic mass is 35.5. The quantitative estimate of drug-likeness (QED) is 0.436. The van der Waals surface area contributed by atoms with E-state index in [-0.39, 0.29) is 24.4 Å². The van der Waals surface area contributed by atoms with Crippen molar-refractivity contribution in [2.75, 3.05) is 0 Å². The van der Waals surface area contributed by atoms with Crippen LogP contribution in [-0.2, 0) is 22.6 Å². The average Bonchev–Trinajstić information content (AvgIpc) is 3.30. The highest BCUT2D eigenvalue weighted by molar-refractivity contribution is 6.36. The zero-order chi connectivity index (χ0) is 24.0. The van der Waals surface area contributed by atoms with Crippen LogP contribution in [0.15, 0.2) is 42.5 Å². The van der Waals surface area contributed by atoms with Crippen LogP contribution in [0.4, 0.5) is 0 Å². The topological polar surface area (TPSA) is 49.4 Å². The maximum absolute atomic E-state index is 13.4. The zero-order valence-electron chi connectivity index (χ0n) is 19.7. The van der Waals surface area contributed by atoms with Gasteiger partial charge in [-0.3, -0.25) is 9.59 Å². The van der Waals surface area contributed by atoms with Gasteiger partial charge in [0, 0.05) is 34.6 Å². The van der Waals surface area contributed by atoms with E-state index in [1.165, 1.54) is 5.56 Å².